The number of benzene rings is 1. The molecule has 100 valence electrons. The molecule has 2 N–H and O–H groups in total. The van der Waals surface area contributed by atoms with E-state index >= 15 is 0 Å². The van der Waals surface area contributed by atoms with E-state index in [1.54, 1.807) is 12.1 Å². The molecule has 0 bridgehead atoms. The van der Waals surface area contributed by atoms with E-state index in [4.69, 9.17) is 11.6 Å². The molecule has 1 aromatic rings. The smallest absolute Gasteiger partial charge is 0.242 e. The topological polar surface area (TPSA) is 58.2 Å². The van der Waals surface area contributed by atoms with Crippen molar-refractivity contribution in [3.05, 3.63) is 27.7 Å². The highest BCUT2D eigenvalue weighted by Crippen LogP contribution is 2.25. The number of nitrogens with one attached hydrogen (secondary N) is 2. The average molecular weight is 354 g/mol. The average Bonchev–Trinajstić information content (AvgIpc) is 2.33. The van der Waals surface area contributed by atoms with Gasteiger partial charge in [0.1, 0.15) is 4.90 Å². The normalized spacial score (nSPS) is 20.9. The van der Waals surface area contributed by atoms with Crippen molar-refractivity contribution >= 4 is 37.6 Å². The molecular weight excluding hydrogens is 340 g/mol. The van der Waals surface area contributed by atoms with Gasteiger partial charge in [-0.2, -0.15) is 0 Å². The van der Waals surface area contributed by atoms with Crippen LogP contribution in [0.5, 0.6) is 0 Å². The minimum Gasteiger partial charge on any atom is -0.315 e. The van der Waals surface area contributed by atoms with Gasteiger partial charge in [0.25, 0.3) is 0 Å². The molecule has 1 heterocycles. The van der Waals surface area contributed by atoms with Gasteiger partial charge in [-0.25, -0.2) is 13.1 Å². The van der Waals surface area contributed by atoms with Crippen LogP contribution in [-0.4, -0.2) is 27.5 Å². The second-order valence-electron chi connectivity index (χ2n) is 4.24. The molecule has 1 fully saturated rings. The van der Waals surface area contributed by atoms with Crippen LogP contribution < -0.4 is 10.0 Å². The van der Waals surface area contributed by atoms with E-state index in [-0.39, 0.29) is 16.0 Å². The van der Waals surface area contributed by atoms with Gasteiger partial charge >= 0.3 is 0 Å². The van der Waals surface area contributed by atoms with Crippen LogP contribution in [0.4, 0.5) is 0 Å². The molecule has 18 heavy (non-hydrogen) atoms. The van der Waals surface area contributed by atoms with Gasteiger partial charge in [0.15, 0.2) is 0 Å². The Morgan fingerprint density at radius 2 is 2.22 bits per heavy atom. The van der Waals surface area contributed by atoms with Gasteiger partial charge in [-0.1, -0.05) is 27.5 Å². The first-order valence-electron chi connectivity index (χ1n) is 5.67. The molecule has 1 aliphatic heterocycles. The second-order valence-corrected chi connectivity index (χ2v) is 7.24. The molecule has 0 aromatic heterocycles. The number of halogens is 2. The summed E-state index contributed by atoms with van der Waals surface area (Å²) in [6.45, 7) is 1.60. The van der Waals surface area contributed by atoms with Crippen molar-refractivity contribution in [2.24, 2.45) is 0 Å². The molecule has 0 spiro atoms. The first-order valence-corrected chi connectivity index (χ1v) is 8.32. The van der Waals surface area contributed by atoms with E-state index in [0.717, 1.165) is 19.4 Å². The van der Waals surface area contributed by atoms with E-state index in [1.165, 1.54) is 6.07 Å². The van der Waals surface area contributed by atoms with Crippen LogP contribution in [0, 0.1) is 0 Å². The summed E-state index contributed by atoms with van der Waals surface area (Å²) in [6.07, 6.45) is 1.82. The van der Waals surface area contributed by atoms with Crippen LogP contribution in [0.3, 0.4) is 0 Å². The van der Waals surface area contributed by atoms with Crippen LogP contribution >= 0.6 is 27.5 Å². The lowest BCUT2D eigenvalue weighted by Crippen LogP contribution is -2.45. The lowest BCUT2D eigenvalue weighted by atomic mass is 10.1. The number of rotatable bonds is 3. The summed E-state index contributed by atoms with van der Waals surface area (Å²) in [5.74, 6) is 0. The minimum atomic E-state index is -3.57. The largest absolute Gasteiger partial charge is 0.315 e. The van der Waals surface area contributed by atoms with Crippen LogP contribution in [-0.2, 0) is 10.0 Å². The second kappa shape index (κ2) is 5.88. The number of hydrogen-bond acceptors (Lipinski definition) is 3. The first-order chi connectivity index (χ1) is 8.49. The monoisotopic (exact) mass is 352 g/mol. The van der Waals surface area contributed by atoms with Crippen LogP contribution in [0.15, 0.2) is 27.6 Å². The van der Waals surface area contributed by atoms with Crippen molar-refractivity contribution in [2.45, 2.75) is 23.8 Å². The molecule has 4 nitrogen and oxygen atoms in total. The summed E-state index contributed by atoms with van der Waals surface area (Å²) in [5, 5.41) is 3.40. The number of sulfonamides is 1. The summed E-state index contributed by atoms with van der Waals surface area (Å²) in [6, 6.07) is 4.72. The molecule has 1 saturated heterocycles. The van der Waals surface area contributed by atoms with Gasteiger partial charge in [-0.3, -0.25) is 0 Å². The molecule has 0 aliphatic carbocycles. The molecule has 1 unspecified atom stereocenters. The fourth-order valence-electron chi connectivity index (χ4n) is 1.92. The third-order valence-electron chi connectivity index (χ3n) is 2.80. The van der Waals surface area contributed by atoms with Crippen molar-refractivity contribution in [3.63, 3.8) is 0 Å². The Morgan fingerprint density at radius 3 is 2.89 bits per heavy atom. The summed E-state index contributed by atoms with van der Waals surface area (Å²) in [7, 11) is -3.57. The maximum atomic E-state index is 12.2. The summed E-state index contributed by atoms with van der Waals surface area (Å²) >= 11 is 9.19. The van der Waals surface area contributed by atoms with Gasteiger partial charge in [0, 0.05) is 17.1 Å². The molecule has 0 amide bonds. The lowest BCUT2D eigenvalue weighted by Gasteiger charge is -2.23. The molecule has 0 radical (unpaired) electrons. The summed E-state index contributed by atoms with van der Waals surface area (Å²) in [5.41, 5.74) is 0. The number of hydrogen-bond donors (Lipinski definition) is 2. The van der Waals surface area contributed by atoms with Gasteiger partial charge in [0.2, 0.25) is 10.0 Å². The minimum absolute atomic E-state index is 0.0706. The molecule has 1 atom stereocenters. The van der Waals surface area contributed by atoms with E-state index in [1.807, 2.05) is 0 Å². The third kappa shape index (κ3) is 3.45. The highest BCUT2D eigenvalue weighted by molar-refractivity contribution is 9.10. The fourth-order valence-corrected chi connectivity index (χ4v) is 4.23. The molecule has 2 rings (SSSR count). The third-order valence-corrected chi connectivity index (χ3v) is 5.30. The molecule has 1 aliphatic rings. The van der Waals surface area contributed by atoms with Gasteiger partial charge < -0.3 is 5.32 Å². The van der Waals surface area contributed by atoms with E-state index < -0.39 is 10.0 Å². The standard InChI is InChI=1S/C11H14BrClN2O2S/c12-8-3-4-10(13)11(6-8)18(16,17)15-9-2-1-5-14-7-9/h3-4,6,9,14-15H,1-2,5,7H2. The molecule has 7 heteroatoms. The molecular formula is C11H14BrClN2O2S. The zero-order valence-electron chi connectivity index (χ0n) is 9.62. The Balaban J connectivity index is 2.21. The Hall–Kier alpha value is -0.140. The van der Waals surface area contributed by atoms with Crippen molar-refractivity contribution in [3.8, 4) is 0 Å². The maximum absolute atomic E-state index is 12.2. The van der Waals surface area contributed by atoms with Crippen molar-refractivity contribution < 1.29 is 8.42 Å². The van der Waals surface area contributed by atoms with Gasteiger partial charge in [0.05, 0.1) is 5.02 Å². The number of piperidine rings is 1. The predicted octanol–water partition coefficient (Wildman–Crippen LogP) is 2.13. The Morgan fingerprint density at radius 1 is 1.44 bits per heavy atom. The van der Waals surface area contributed by atoms with Crippen LogP contribution in [0.25, 0.3) is 0 Å². The Labute approximate surface area is 120 Å². The summed E-state index contributed by atoms with van der Waals surface area (Å²) in [4.78, 5) is 0.115. The van der Waals surface area contributed by atoms with Crippen molar-refractivity contribution in [2.75, 3.05) is 13.1 Å². The predicted molar refractivity (Wildman–Crippen MR) is 75.4 cm³/mol. The quantitative estimate of drug-likeness (QED) is 0.875. The van der Waals surface area contributed by atoms with Gasteiger partial charge in [-0.05, 0) is 37.6 Å². The highest BCUT2D eigenvalue weighted by atomic mass is 79.9. The lowest BCUT2D eigenvalue weighted by molar-refractivity contribution is 0.428. The summed E-state index contributed by atoms with van der Waals surface area (Å²) < 4.78 is 27.8. The highest BCUT2D eigenvalue weighted by Gasteiger charge is 2.23. The van der Waals surface area contributed by atoms with Gasteiger partial charge in [-0.15, -0.1) is 0 Å². The zero-order chi connectivity index (χ0) is 13.2. The fraction of sp³-hybridized carbons (Fsp3) is 0.455. The Bertz CT molecular complexity index is 530. The van der Waals surface area contributed by atoms with E-state index in [0.29, 0.717) is 11.0 Å². The van der Waals surface area contributed by atoms with Crippen LogP contribution in [0.2, 0.25) is 5.02 Å². The van der Waals surface area contributed by atoms with Crippen molar-refractivity contribution in [1.29, 1.82) is 0 Å². The maximum Gasteiger partial charge on any atom is 0.242 e. The molecule has 0 saturated carbocycles. The van der Waals surface area contributed by atoms with Crippen LogP contribution in [0.1, 0.15) is 12.8 Å². The Kier molecular flexibility index (Phi) is 4.66. The van der Waals surface area contributed by atoms with E-state index in [9.17, 15) is 8.42 Å². The molecule has 1 aromatic carbocycles. The zero-order valence-corrected chi connectivity index (χ0v) is 12.8. The SMILES string of the molecule is O=S(=O)(NC1CCCNC1)c1cc(Br)ccc1Cl. The van der Waals surface area contributed by atoms with E-state index in [2.05, 4.69) is 26.0 Å². The first kappa shape index (κ1) is 14.3. The van der Waals surface area contributed by atoms with Crippen molar-refractivity contribution in [1.82, 2.24) is 10.0 Å².